The Morgan fingerprint density at radius 3 is 2.46 bits per heavy atom. The molecule has 0 aliphatic carbocycles. The van der Waals surface area contributed by atoms with Gasteiger partial charge in [-0.3, -0.25) is 4.79 Å². The number of hydrogen-bond donors (Lipinski definition) is 2. The predicted molar refractivity (Wildman–Crippen MR) is 97.7 cm³/mol. The molecule has 1 heterocycles. The van der Waals surface area contributed by atoms with E-state index in [4.69, 9.17) is 0 Å². The SMILES string of the molecule is Cc1ccc(-c2nn(-c3ccc(F)cc3)cc2C(=O)NC[C@H](C)O)cc1. The number of aliphatic hydroxyl groups excluding tert-OH is 1. The van der Waals surface area contributed by atoms with Crippen LogP contribution in [0.3, 0.4) is 0 Å². The van der Waals surface area contributed by atoms with Crippen LogP contribution in [0.5, 0.6) is 0 Å². The lowest BCUT2D eigenvalue weighted by molar-refractivity contribution is 0.0924. The van der Waals surface area contributed by atoms with Crippen LogP contribution in [-0.4, -0.2) is 33.4 Å². The van der Waals surface area contributed by atoms with Crippen LogP contribution in [0.4, 0.5) is 4.39 Å². The third-order valence-corrected chi connectivity index (χ3v) is 3.93. The van der Waals surface area contributed by atoms with Crippen molar-refractivity contribution in [1.29, 1.82) is 0 Å². The first-order chi connectivity index (χ1) is 12.4. The number of aromatic nitrogens is 2. The summed E-state index contributed by atoms with van der Waals surface area (Å²) in [7, 11) is 0. The molecule has 0 bridgehead atoms. The predicted octanol–water partition coefficient (Wildman–Crippen LogP) is 3.10. The van der Waals surface area contributed by atoms with Gasteiger partial charge in [-0.05, 0) is 38.1 Å². The number of aliphatic hydroxyl groups is 1. The average molecular weight is 353 g/mol. The van der Waals surface area contributed by atoms with E-state index in [9.17, 15) is 14.3 Å². The van der Waals surface area contributed by atoms with Gasteiger partial charge in [0.1, 0.15) is 11.5 Å². The Morgan fingerprint density at radius 1 is 1.19 bits per heavy atom. The second-order valence-corrected chi connectivity index (χ2v) is 6.24. The van der Waals surface area contributed by atoms with Gasteiger partial charge in [0.05, 0.1) is 17.4 Å². The van der Waals surface area contributed by atoms with E-state index < -0.39 is 6.10 Å². The van der Waals surface area contributed by atoms with E-state index in [1.54, 1.807) is 29.9 Å². The number of carbonyl (C=O) groups excluding carboxylic acids is 1. The van der Waals surface area contributed by atoms with Crippen molar-refractivity contribution in [3.05, 3.63) is 71.7 Å². The highest BCUT2D eigenvalue weighted by molar-refractivity contribution is 5.99. The number of rotatable bonds is 5. The molecule has 2 N–H and O–H groups in total. The normalized spacial score (nSPS) is 12.0. The topological polar surface area (TPSA) is 67.2 Å². The summed E-state index contributed by atoms with van der Waals surface area (Å²) in [5.41, 5.74) is 3.47. The standard InChI is InChI=1S/C20H20FN3O2/c1-13-3-5-15(6-4-13)19-18(20(26)22-11-14(2)25)12-24(23-19)17-9-7-16(21)8-10-17/h3-10,12,14,25H,11H2,1-2H3,(H,22,26)/t14-/m0/s1. The Bertz CT molecular complexity index is 900. The first-order valence-electron chi connectivity index (χ1n) is 8.33. The highest BCUT2D eigenvalue weighted by Gasteiger charge is 2.19. The largest absolute Gasteiger partial charge is 0.392 e. The van der Waals surface area contributed by atoms with Crippen molar-refractivity contribution in [2.75, 3.05) is 6.54 Å². The zero-order chi connectivity index (χ0) is 18.7. The molecule has 0 fully saturated rings. The Balaban J connectivity index is 2.03. The molecule has 134 valence electrons. The van der Waals surface area contributed by atoms with Gasteiger partial charge in [0.25, 0.3) is 5.91 Å². The number of carbonyl (C=O) groups is 1. The molecule has 3 aromatic rings. The summed E-state index contributed by atoms with van der Waals surface area (Å²) in [6, 6.07) is 13.6. The van der Waals surface area contributed by atoms with E-state index in [0.29, 0.717) is 16.9 Å². The molecule has 1 atom stereocenters. The van der Waals surface area contributed by atoms with Crippen LogP contribution in [0.2, 0.25) is 0 Å². The summed E-state index contributed by atoms with van der Waals surface area (Å²) in [5.74, 6) is -0.663. The van der Waals surface area contributed by atoms with Crippen molar-refractivity contribution in [3.63, 3.8) is 0 Å². The third-order valence-electron chi connectivity index (χ3n) is 3.93. The molecule has 6 heteroatoms. The fourth-order valence-electron chi connectivity index (χ4n) is 2.53. The molecule has 26 heavy (non-hydrogen) atoms. The number of halogens is 1. The van der Waals surface area contributed by atoms with Crippen molar-refractivity contribution in [3.8, 4) is 16.9 Å². The number of aryl methyl sites for hydroxylation is 1. The molecule has 0 radical (unpaired) electrons. The number of nitrogens with zero attached hydrogens (tertiary/aromatic N) is 2. The Labute approximate surface area is 151 Å². The van der Waals surface area contributed by atoms with Gasteiger partial charge in [-0.15, -0.1) is 0 Å². The molecule has 0 aliphatic heterocycles. The lowest BCUT2D eigenvalue weighted by Gasteiger charge is -2.07. The summed E-state index contributed by atoms with van der Waals surface area (Å²) < 4.78 is 14.7. The maximum atomic E-state index is 13.2. The summed E-state index contributed by atoms with van der Waals surface area (Å²) in [6.45, 7) is 3.73. The first-order valence-corrected chi connectivity index (χ1v) is 8.33. The van der Waals surface area contributed by atoms with Crippen molar-refractivity contribution >= 4 is 5.91 Å². The van der Waals surface area contributed by atoms with Crippen LogP contribution in [0.1, 0.15) is 22.8 Å². The van der Waals surface area contributed by atoms with E-state index in [0.717, 1.165) is 11.1 Å². The van der Waals surface area contributed by atoms with Crippen LogP contribution in [0, 0.1) is 12.7 Å². The molecule has 0 saturated heterocycles. The molecular weight excluding hydrogens is 333 g/mol. The van der Waals surface area contributed by atoms with Gasteiger partial charge >= 0.3 is 0 Å². The lowest BCUT2D eigenvalue weighted by Crippen LogP contribution is -2.30. The summed E-state index contributed by atoms with van der Waals surface area (Å²) in [5, 5.41) is 16.6. The monoisotopic (exact) mass is 353 g/mol. The average Bonchev–Trinajstić information content (AvgIpc) is 3.06. The van der Waals surface area contributed by atoms with Crippen molar-refractivity contribution in [2.24, 2.45) is 0 Å². The molecule has 2 aromatic carbocycles. The molecule has 3 rings (SSSR count). The van der Waals surface area contributed by atoms with Crippen LogP contribution < -0.4 is 5.32 Å². The fraction of sp³-hybridized carbons (Fsp3) is 0.200. The van der Waals surface area contributed by atoms with E-state index in [-0.39, 0.29) is 18.3 Å². The zero-order valence-electron chi connectivity index (χ0n) is 14.6. The maximum absolute atomic E-state index is 13.2. The van der Waals surface area contributed by atoms with Gasteiger partial charge in [-0.25, -0.2) is 9.07 Å². The minimum absolute atomic E-state index is 0.147. The Hall–Kier alpha value is -2.99. The number of benzene rings is 2. The molecule has 0 unspecified atom stereocenters. The molecule has 0 spiro atoms. The van der Waals surface area contributed by atoms with E-state index >= 15 is 0 Å². The second-order valence-electron chi connectivity index (χ2n) is 6.24. The van der Waals surface area contributed by atoms with Gasteiger partial charge in [0.15, 0.2) is 0 Å². The second kappa shape index (κ2) is 7.49. The fourth-order valence-corrected chi connectivity index (χ4v) is 2.53. The van der Waals surface area contributed by atoms with Gasteiger partial charge in [0, 0.05) is 18.3 Å². The van der Waals surface area contributed by atoms with E-state index in [2.05, 4.69) is 10.4 Å². The third kappa shape index (κ3) is 3.97. The van der Waals surface area contributed by atoms with Crippen LogP contribution in [0.15, 0.2) is 54.7 Å². The van der Waals surface area contributed by atoms with Crippen LogP contribution in [0.25, 0.3) is 16.9 Å². The smallest absolute Gasteiger partial charge is 0.255 e. The van der Waals surface area contributed by atoms with Crippen LogP contribution in [-0.2, 0) is 0 Å². The van der Waals surface area contributed by atoms with Crippen molar-refractivity contribution in [1.82, 2.24) is 15.1 Å². The van der Waals surface area contributed by atoms with Crippen molar-refractivity contribution in [2.45, 2.75) is 20.0 Å². The highest BCUT2D eigenvalue weighted by Crippen LogP contribution is 2.24. The summed E-state index contributed by atoms with van der Waals surface area (Å²) in [4.78, 5) is 12.6. The lowest BCUT2D eigenvalue weighted by atomic mass is 10.1. The maximum Gasteiger partial charge on any atom is 0.255 e. The van der Waals surface area contributed by atoms with Gasteiger partial charge in [-0.2, -0.15) is 5.10 Å². The number of nitrogens with one attached hydrogen (secondary N) is 1. The quantitative estimate of drug-likeness (QED) is 0.741. The highest BCUT2D eigenvalue weighted by atomic mass is 19.1. The van der Waals surface area contributed by atoms with Crippen molar-refractivity contribution < 1.29 is 14.3 Å². The number of hydrogen-bond acceptors (Lipinski definition) is 3. The molecule has 1 aromatic heterocycles. The summed E-state index contributed by atoms with van der Waals surface area (Å²) >= 11 is 0. The minimum atomic E-state index is -0.645. The molecule has 1 amide bonds. The Kier molecular flexibility index (Phi) is 5.14. The Morgan fingerprint density at radius 2 is 1.85 bits per heavy atom. The molecule has 0 aliphatic rings. The van der Waals surface area contributed by atoms with E-state index in [1.165, 1.54) is 12.1 Å². The molecular formula is C20H20FN3O2. The van der Waals surface area contributed by atoms with Gasteiger partial charge in [0.2, 0.25) is 0 Å². The molecule has 0 saturated carbocycles. The van der Waals surface area contributed by atoms with Gasteiger partial charge in [-0.1, -0.05) is 29.8 Å². The zero-order valence-corrected chi connectivity index (χ0v) is 14.6. The number of amides is 1. The first kappa shape index (κ1) is 17.8. The summed E-state index contributed by atoms with van der Waals surface area (Å²) in [6.07, 6.45) is 0.966. The van der Waals surface area contributed by atoms with E-state index in [1.807, 2.05) is 31.2 Å². The van der Waals surface area contributed by atoms with Crippen LogP contribution >= 0.6 is 0 Å². The molecule has 5 nitrogen and oxygen atoms in total. The minimum Gasteiger partial charge on any atom is -0.392 e. The van der Waals surface area contributed by atoms with Gasteiger partial charge < -0.3 is 10.4 Å².